The number of rotatable bonds is 2. The summed E-state index contributed by atoms with van der Waals surface area (Å²) in [6.07, 6.45) is 1.12. The Morgan fingerprint density at radius 3 is 2.65 bits per heavy atom. The van der Waals surface area contributed by atoms with Crippen LogP contribution in [0.2, 0.25) is 0 Å². The van der Waals surface area contributed by atoms with E-state index in [9.17, 15) is 9.50 Å². The Kier molecular flexibility index (Phi) is 3.64. The van der Waals surface area contributed by atoms with Gasteiger partial charge in [0.05, 0.1) is 11.8 Å². The van der Waals surface area contributed by atoms with E-state index >= 15 is 0 Å². The Bertz CT molecular complexity index is 387. The fourth-order valence-corrected chi connectivity index (χ4v) is 2.32. The van der Waals surface area contributed by atoms with Crippen LogP contribution in [-0.2, 0) is 0 Å². The fourth-order valence-electron chi connectivity index (χ4n) is 2.32. The number of hydrogen-bond donors (Lipinski definition) is 2. The van der Waals surface area contributed by atoms with Crippen molar-refractivity contribution in [3.05, 3.63) is 29.6 Å². The molecule has 4 heteroatoms. The largest absolute Gasteiger partial charge is 0.393 e. The van der Waals surface area contributed by atoms with Crippen LogP contribution in [0.3, 0.4) is 0 Å². The minimum atomic E-state index is -0.253. The molecule has 2 rings (SSSR count). The van der Waals surface area contributed by atoms with Crippen molar-refractivity contribution in [1.82, 2.24) is 0 Å². The highest BCUT2D eigenvalue weighted by Crippen LogP contribution is 2.30. The van der Waals surface area contributed by atoms with Gasteiger partial charge in [0.1, 0.15) is 5.82 Å². The van der Waals surface area contributed by atoms with Crippen LogP contribution in [0.25, 0.3) is 0 Å². The Hall–Kier alpha value is -1.13. The summed E-state index contributed by atoms with van der Waals surface area (Å²) < 4.78 is 13.9. The summed E-state index contributed by atoms with van der Waals surface area (Å²) in [7, 11) is 0. The van der Waals surface area contributed by atoms with Gasteiger partial charge in [-0.3, -0.25) is 0 Å². The first-order valence-corrected chi connectivity index (χ1v) is 6.06. The van der Waals surface area contributed by atoms with Gasteiger partial charge in [-0.25, -0.2) is 4.39 Å². The van der Waals surface area contributed by atoms with Crippen LogP contribution in [0.15, 0.2) is 18.2 Å². The van der Waals surface area contributed by atoms with Crippen molar-refractivity contribution < 1.29 is 9.50 Å². The molecule has 0 bridgehead atoms. The van der Waals surface area contributed by atoms with Gasteiger partial charge in [0, 0.05) is 19.1 Å². The maximum atomic E-state index is 13.9. The summed E-state index contributed by atoms with van der Waals surface area (Å²) in [5.41, 5.74) is 7.32. The van der Waals surface area contributed by atoms with Crippen LogP contribution in [0.4, 0.5) is 10.1 Å². The summed E-state index contributed by atoms with van der Waals surface area (Å²) in [6, 6.07) is 4.84. The van der Waals surface area contributed by atoms with E-state index in [0.717, 1.165) is 5.56 Å². The summed E-state index contributed by atoms with van der Waals surface area (Å²) in [6.45, 7) is 3.22. The van der Waals surface area contributed by atoms with E-state index in [-0.39, 0.29) is 18.0 Å². The van der Waals surface area contributed by atoms with Gasteiger partial charge < -0.3 is 15.7 Å². The molecule has 1 atom stereocenters. The summed E-state index contributed by atoms with van der Waals surface area (Å²) in [4.78, 5) is 1.99. The van der Waals surface area contributed by atoms with Gasteiger partial charge >= 0.3 is 0 Å². The lowest BCUT2D eigenvalue weighted by Gasteiger charge is -2.33. The second-order valence-corrected chi connectivity index (χ2v) is 4.68. The molecule has 1 heterocycles. The van der Waals surface area contributed by atoms with E-state index in [0.29, 0.717) is 31.6 Å². The number of benzene rings is 1. The molecule has 1 aromatic carbocycles. The first-order chi connectivity index (χ1) is 8.09. The zero-order chi connectivity index (χ0) is 12.4. The second kappa shape index (κ2) is 5.02. The number of para-hydroxylation sites is 1. The molecule has 0 saturated carbocycles. The third kappa shape index (κ3) is 2.58. The number of aliphatic hydroxyl groups is 1. The first kappa shape index (κ1) is 12.3. The average Bonchev–Trinajstić information content (AvgIpc) is 2.30. The Balaban J connectivity index is 2.30. The van der Waals surface area contributed by atoms with Crippen molar-refractivity contribution in [3.8, 4) is 0 Å². The van der Waals surface area contributed by atoms with Crippen molar-refractivity contribution >= 4 is 5.69 Å². The molecule has 0 aromatic heterocycles. The number of aliphatic hydroxyl groups excluding tert-OH is 1. The average molecular weight is 238 g/mol. The molecular formula is C13H19FN2O. The molecule has 0 aliphatic carbocycles. The standard InChI is InChI=1S/C13H19FN2O/c1-9(15)11-3-2-4-12(14)13(11)16-7-5-10(17)6-8-16/h2-4,9-10,17H,5-8,15H2,1H3/t9-/m0/s1. The molecule has 3 nitrogen and oxygen atoms in total. The molecule has 1 fully saturated rings. The third-order valence-corrected chi connectivity index (χ3v) is 3.29. The number of anilines is 1. The maximum Gasteiger partial charge on any atom is 0.146 e. The Labute approximate surface area is 101 Å². The topological polar surface area (TPSA) is 49.5 Å². The molecule has 1 aliphatic heterocycles. The monoisotopic (exact) mass is 238 g/mol. The van der Waals surface area contributed by atoms with Gasteiger partial charge in [0.2, 0.25) is 0 Å². The molecule has 0 radical (unpaired) electrons. The molecule has 0 spiro atoms. The lowest BCUT2D eigenvalue weighted by Crippen LogP contribution is -2.37. The Morgan fingerprint density at radius 1 is 1.41 bits per heavy atom. The minimum absolute atomic E-state index is 0.187. The van der Waals surface area contributed by atoms with Gasteiger partial charge in [-0.05, 0) is 31.4 Å². The highest BCUT2D eigenvalue weighted by atomic mass is 19.1. The molecule has 0 amide bonds. The van der Waals surface area contributed by atoms with E-state index in [4.69, 9.17) is 5.73 Å². The Morgan fingerprint density at radius 2 is 2.06 bits per heavy atom. The molecule has 0 unspecified atom stereocenters. The molecule has 1 aliphatic rings. The number of nitrogens with zero attached hydrogens (tertiary/aromatic N) is 1. The minimum Gasteiger partial charge on any atom is -0.393 e. The van der Waals surface area contributed by atoms with Crippen molar-refractivity contribution in [2.75, 3.05) is 18.0 Å². The normalized spacial score (nSPS) is 19.4. The summed E-state index contributed by atoms with van der Waals surface area (Å²) >= 11 is 0. The van der Waals surface area contributed by atoms with Crippen LogP contribution in [0, 0.1) is 5.82 Å². The third-order valence-electron chi connectivity index (χ3n) is 3.29. The van der Waals surface area contributed by atoms with Crippen LogP contribution in [0.5, 0.6) is 0 Å². The van der Waals surface area contributed by atoms with Gasteiger partial charge in [0.15, 0.2) is 0 Å². The predicted octanol–water partition coefficient (Wildman–Crippen LogP) is 1.81. The van der Waals surface area contributed by atoms with E-state index in [1.807, 2.05) is 17.9 Å². The van der Waals surface area contributed by atoms with Crippen molar-refractivity contribution in [3.63, 3.8) is 0 Å². The molecular weight excluding hydrogens is 219 g/mol. The van der Waals surface area contributed by atoms with Crippen LogP contribution in [0.1, 0.15) is 31.4 Å². The van der Waals surface area contributed by atoms with Crippen LogP contribution < -0.4 is 10.6 Å². The predicted molar refractivity (Wildman–Crippen MR) is 66.5 cm³/mol. The maximum absolute atomic E-state index is 13.9. The van der Waals surface area contributed by atoms with Crippen LogP contribution in [-0.4, -0.2) is 24.3 Å². The summed E-state index contributed by atoms with van der Waals surface area (Å²) in [5.74, 6) is -0.226. The molecule has 1 aromatic rings. The molecule has 1 saturated heterocycles. The number of nitrogens with two attached hydrogens (primary N) is 1. The lowest BCUT2D eigenvalue weighted by molar-refractivity contribution is 0.145. The summed E-state index contributed by atoms with van der Waals surface area (Å²) in [5, 5.41) is 9.48. The zero-order valence-electron chi connectivity index (χ0n) is 10.1. The van der Waals surface area contributed by atoms with Gasteiger partial charge in [-0.1, -0.05) is 12.1 Å². The van der Waals surface area contributed by atoms with Crippen molar-refractivity contribution in [2.24, 2.45) is 5.73 Å². The number of piperidine rings is 1. The van der Waals surface area contributed by atoms with Gasteiger partial charge in [0.25, 0.3) is 0 Å². The molecule has 94 valence electrons. The van der Waals surface area contributed by atoms with Crippen LogP contribution >= 0.6 is 0 Å². The van der Waals surface area contributed by atoms with Crippen molar-refractivity contribution in [2.45, 2.75) is 31.9 Å². The number of halogens is 1. The second-order valence-electron chi connectivity index (χ2n) is 4.68. The quantitative estimate of drug-likeness (QED) is 0.826. The lowest BCUT2D eigenvalue weighted by atomic mass is 10.0. The molecule has 17 heavy (non-hydrogen) atoms. The highest BCUT2D eigenvalue weighted by molar-refractivity contribution is 5.56. The van der Waals surface area contributed by atoms with Gasteiger partial charge in [-0.15, -0.1) is 0 Å². The highest BCUT2D eigenvalue weighted by Gasteiger charge is 2.22. The van der Waals surface area contributed by atoms with Gasteiger partial charge in [-0.2, -0.15) is 0 Å². The SMILES string of the molecule is C[C@H](N)c1cccc(F)c1N1CCC(O)CC1. The van der Waals surface area contributed by atoms with E-state index < -0.39 is 0 Å². The smallest absolute Gasteiger partial charge is 0.146 e. The number of hydrogen-bond acceptors (Lipinski definition) is 3. The van der Waals surface area contributed by atoms with E-state index in [1.54, 1.807) is 6.07 Å². The van der Waals surface area contributed by atoms with E-state index in [1.165, 1.54) is 6.07 Å². The fraction of sp³-hybridized carbons (Fsp3) is 0.538. The first-order valence-electron chi connectivity index (χ1n) is 6.06. The zero-order valence-corrected chi connectivity index (χ0v) is 10.1. The molecule has 3 N–H and O–H groups in total. The van der Waals surface area contributed by atoms with Crippen molar-refractivity contribution in [1.29, 1.82) is 0 Å². The van der Waals surface area contributed by atoms with E-state index in [2.05, 4.69) is 0 Å².